The normalized spacial score (nSPS) is 15.6. The molecule has 2 N–H and O–H groups in total. The van der Waals surface area contributed by atoms with Crippen LogP contribution in [0.15, 0.2) is 11.4 Å². The minimum absolute atomic E-state index is 0.0228. The molecular formula is C13H20N2O2S. The van der Waals surface area contributed by atoms with Crippen LogP contribution in [0.4, 0.5) is 0 Å². The second-order valence-electron chi connectivity index (χ2n) is 5.33. The van der Waals surface area contributed by atoms with Crippen LogP contribution in [0.3, 0.4) is 0 Å². The number of rotatable bonds is 4. The molecule has 1 amide bonds. The van der Waals surface area contributed by atoms with Gasteiger partial charge in [0.05, 0.1) is 13.2 Å². The summed E-state index contributed by atoms with van der Waals surface area (Å²) >= 11 is 1.77. The molecule has 0 saturated carbocycles. The first-order valence-corrected chi connectivity index (χ1v) is 7.09. The minimum atomic E-state index is -0.404. The number of aliphatic hydroxyl groups excluding tert-OH is 1. The average molecular weight is 268 g/mol. The summed E-state index contributed by atoms with van der Waals surface area (Å²) in [6, 6.07) is 2.10. The zero-order valence-corrected chi connectivity index (χ0v) is 11.7. The van der Waals surface area contributed by atoms with E-state index in [1.807, 2.05) is 18.7 Å². The lowest BCUT2D eigenvalue weighted by molar-refractivity contribution is -0.131. The van der Waals surface area contributed by atoms with Gasteiger partial charge in [-0.25, -0.2) is 0 Å². The van der Waals surface area contributed by atoms with Crippen molar-refractivity contribution in [1.29, 1.82) is 0 Å². The first-order valence-electron chi connectivity index (χ1n) is 6.21. The van der Waals surface area contributed by atoms with Crippen LogP contribution in [0.5, 0.6) is 0 Å². The van der Waals surface area contributed by atoms with Crippen LogP contribution in [-0.2, 0) is 17.8 Å². The molecule has 5 heteroatoms. The molecule has 2 heterocycles. The van der Waals surface area contributed by atoms with Gasteiger partial charge in [-0.2, -0.15) is 0 Å². The van der Waals surface area contributed by atoms with Gasteiger partial charge in [0, 0.05) is 23.5 Å². The first kappa shape index (κ1) is 13.5. The van der Waals surface area contributed by atoms with E-state index in [1.165, 1.54) is 10.4 Å². The lowest BCUT2D eigenvalue weighted by Crippen LogP contribution is -2.49. The number of hydrogen-bond acceptors (Lipinski definition) is 4. The number of hydrogen-bond donors (Lipinski definition) is 2. The summed E-state index contributed by atoms with van der Waals surface area (Å²) in [5.41, 5.74) is 0.875. The van der Waals surface area contributed by atoms with Crippen LogP contribution >= 0.6 is 11.3 Å². The first-order chi connectivity index (χ1) is 8.52. The lowest BCUT2D eigenvalue weighted by atomic mass is 10.1. The van der Waals surface area contributed by atoms with Crippen molar-refractivity contribution >= 4 is 17.2 Å². The maximum absolute atomic E-state index is 12.1. The molecule has 100 valence electrons. The fourth-order valence-corrected chi connectivity index (χ4v) is 2.83. The van der Waals surface area contributed by atoms with Gasteiger partial charge in [-0.05, 0) is 37.3 Å². The van der Waals surface area contributed by atoms with E-state index in [2.05, 4.69) is 16.8 Å². The molecule has 0 aliphatic carbocycles. The molecule has 0 saturated heterocycles. The fourth-order valence-electron chi connectivity index (χ4n) is 1.94. The van der Waals surface area contributed by atoms with Crippen LogP contribution in [0.2, 0.25) is 0 Å². The summed E-state index contributed by atoms with van der Waals surface area (Å²) in [6.45, 7) is 5.59. The molecule has 0 bridgehead atoms. The summed E-state index contributed by atoms with van der Waals surface area (Å²) in [5, 5.41) is 14.3. The lowest BCUT2D eigenvalue weighted by Gasteiger charge is -2.29. The Labute approximate surface area is 112 Å². The van der Waals surface area contributed by atoms with Crippen molar-refractivity contribution < 1.29 is 9.90 Å². The number of carbonyl (C=O) groups excluding carboxylic acids is 1. The predicted octanol–water partition coefficient (Wildman–Crippen LogP) is 0.993. The molecule has 0 atom stereocenters. The Kier molecular flexibility index (Phi) is 4.04. The molecule has 1 aromatic heterocycles. The van der Waals surface area contributed by atoms with Crippen LogP contribution in [0.1, 0.15) is 24.3 Å². The molecule has 18 heavy (non-hydrogen) atoms. The molecule has 1 aromatic rings. The highest BCUT2D eigenvalue weighted by molar-refractivity contribution is 7.10. The molecule has 4 nitrogen and oxygen atoms in total. The van der Waals surface area contributed by atoms with E-state index in [4.69, 9.17) is 5.11 Å². The van der Waals surface area contributed by atoms with Gasteiger partial charge < -0.3 is 15.3 Å². The standard InChI is InChI=1S/C13H20N2O2S/c1-13(2,9-16)14-7-12(17)15-5-3-11-10(8-15)4-6-18-11/h4,6,14,16H,3,5,7-9H2,1-2H3. The summed E-state index contributed by atoms with van der Waals surface area (Å²) in [5.74, 6) is 0.105. The van der Waals surface area contributed by atoms with Crippen LogP contribution in [-0.4, -0.2) is 41.1 Å². The molecule has 0 aromatic carbocycles. The number of nitrogens with one attached hydrogen (secondary N) is 1. The predicted molar refractivity (Wildman–Crippen MR) is 72.6 cm³/mol. The van der Waals surface area contributed by atoms with Crippen molar-refractivity contribution in [2.24, 2.45) is 0 Å². The van der Waals surface area contributed by atoms with Crippen molar-refractivity contribution in [3.8, 4) is 0 Å². The summed E-state index contributed by atoms with van der Waals surface area (Å²) < 4.78 is 0. The molecule has 1 aliphatic heterocycles. The maximum atomic E-state index is 12.1. The molecule has 0 unspecified atom stereocenters. The molecule has 0 fully saturated rings. The number of thiophene rings is 1. The summed E-state index contributed by atoms with van der Waals surface area (Å²) in [7, 11) is 0. The van der Waals surface area contributed by atoms with Gasteiger partial charge in [0.1, 0.15) is 0 Å². The average Bonchev–Trinajstić information content (AvgIpc) is 2.83. The number of carbonyl (C=O) groups is 1. The third-order valence-electron chi connectivity index (χ3n) is 3.27. The SMILES string of the molecule is CC(C)(CO)NCC(=O)N1CCc2sccc2C1. The summed E-state index contributed by atoms with van der Waals surface area (Å²) in [6.07, 6.45) is 0.960. The maximum Gasteiger partial charge on any atom is 0.236 e. The van der Waals surface area contributed by atoms with Crippen LogP contribution in [0.25, 0.3) is 0 Å². The van der Waals surface area contributed by atoms with Crippen LogP contribution < -0.4 is 5.32 Å². The van der Waals surface area contributed by atoms with Crippen molar-refractivity contribution in [2.75, 3.05) is 19.7 Å². The third-order valence-corrected chi connectivity index (χ3v) is 4.30. The highest BCUT2D eigenvalue weighted by atomic mass is 32.1. The van der Waals surface area contributed by atoms with E-state index in [0.717, 1.165) is 19.5 Å². The molecule has 0 radical (unpaired) electrons. The Morgan fingerprint density at radius 1 is 1.61 bits per heavy atom. The topological polar surface area (TPSA) is 52.6 Å². The number of nitrogens with zero attached hydrogens (tertiary/aromatic N) is 1. The Balaban J connectivity index is 1.88. The largest absolute Gasteiger partial charge is 0.394 e. The Hall–Kier alpha value is -0.910. The second kappa shape index (κ2) is 5.38. The van der Waals surface area contributed by atoms with Gasteiger partial charge in [-0.3, -0.25) is 4.79 Å². The zero-order chi connectivity index (χ0) is 13.2. The van der Waals surface area contributed by atoms with E-state index in [1.54, 1.807) is 11.3 Å². The van der Waals surface area contributed by atoms with E-state index in [9.17, 15) is 4.79 Å². The van der Waals surface area contributed by atoms with Gasteiger partial charge in [-0.15, -0.1) is 11.3 Å². The van der Waals surface area contributed by atoms with Crippen molar-refractivity contribution in [2.45, 2.75) is 32.4 Å². The Morgan fingerprint density at radius 3 is 3.11 bits per heavy atom. The second-order valence-corrected chi connectivity index (χ2v) is 6.33. The Bertz CT molecular complexity index is 428. The highest BCUT2D eigenvalue weighted by Gasteiger charge is 2.23. The fraction of sp³-hybridized carbons (Fsp3) is 0.615. The van der Waals surface area contributed by atoms with Crippen molar-refractivity contribution in [1.82, 2.24) is 10.2 Å². The van der Waals surface area contributed by atoms with Gasteiger partial charge >= 0.3 is 0 Å². The van der Waals surface area contributed by atoms with Crippen molar-refractivity contribution in [3.63, 3.8) is 0 Å². The van der Waals surface area contributed by atoms with Gasteiger partial charge in [0.25, 0.3) is 0 Å². The molecular weight excluding hydrogens is 248 g/mol. The molecule has 1 aliphatic rings. The van der Waals surface area contributed by atoms with E-state index >= 15 is 0 Å². The number of fused-ring (bicyclic) bond motifs is 1. The number of amides is 1. The van der Waals surface area contributed by atoms with Crippen LogP contribution in [0, 0.1) is 0 Å². The molecule has 0 spiro atoms. The van der Waals surface area contributed by atoms with E-state index < -0.39 is 5.54 Å². The van der Waals surface area contributed by atoms with Gasteiger partial charge in [-0.1, -0.05) is 0 Å². The minimum Gasteiger partial charge on any atom is -0.394 e. The molecule has 2 rings (SSSR count). The quantitative estimate of drug-likeness (QED) is 0.856. The van der Waals surface area contributed by atoms with Gasteiger partial charge in [0.2, 0.25) is 5.91 Å². The smallest absolute Gasteiger partial charge is 0.236 e. The number of aliphatic hydroxyl groups is 1. The Morgan fingerprint density at radius 2 is 2.39 bits per heavy atom. The zero-order valence-electron chi connectivity index (χ0n) is 10.9. The van der Waals surface area contributed by atoms with E-state index in [0.29, 0.717) is 0 Å². The summed E-state index contributed by atoms with van der Waals surface area (Å²) in [4.78, 5) is 15.4. The third kappa shape index (κ3) is 3.10. The van der Waals surface area contributed by atoms with E-state index in [-0.39, 0.29) is 19.1 Å². The highest BCUT2D eigenvalue weighted by Crippen LogP contribution is 2.23. The van der Waals surface area contributed by atoms with Crippen molar-refractivity contribution in [3.05, 3.63) is 21.9 Å². The van der Waals surface area contributed by atoms with Gasteiger partial charge in [0.15, 0.2) is 0 Å². The monoisotopic (exact) mass is 268 g/mol.